The molecule has 0 saturated carbocycles. The molecule has 0 amide bonds. The lowest BCUT2D eigenvalue weighted by atomic mass is 10.1. The topological polar surface area (TPSA) is 69.9 Å². The lowest BCUT2D eigenvalue weighted by Crippen LogP contribution is -2.47. The summed E-state index contributed by atoms with van der Waals surface area (Å²) in [7, 11) is 0. The maximum absolute atomic E-state index is 12.7. The molecule has 0 radical (unpaired) electrons. The molecule has 0 spiro atoms. The van der Waals surface area contributed by atoms with E-state index in [-0.39, 0.29) is 24.7 Å². The molecule has 1 saturated heterocycles. The van der Waals surface area contributed by atoms with E-state index < -0.39 is 22.4 Å². The lowest BCUT2D eigenvalue weighted by molar-refractivity contribution is -0.384. The molecule has 130 valence electrons. The van der Waals surface area contributed by atoms with Gasteiger partial charge >= 0.3 is 6.18 Å². The number of alkyl halides is 3. The molecule has 1 fully saturated rings. The highest BCUT2D eigenvalue weighted by atomic mass is 35.5. The summed E-state index contributed by atoms with van der Waals surface area (Å²) in [6.45, 7) is 2.67. The van der Waals surface area contributed by atoms with Crippen molar-refractivity contribution in [1.82, 2.24) is 4.90 Å². The van der Waals surface area contributed by atoms with Crippen LogP contribution in [0, 0.1) is 10.1 Å². The first-order valence-electron chi connectivity index (χ1n) is 6.76. The van der Waals surface area contributed by atoms with Crippen molar-refractivity contribution < 1.29 is 23.2 Å². The molecule has 1 N–H and O–H groups in total. The maximum Gasteiger partial charge on any atom is 0.416 e. The van der Waals surface area contributed by atoms with Crippen LogP contribution in [0.25, 0.3) is 0 Å². The molecule has 1 aliphatic rings. The molecule has 0 atom stereocenters. The fourth-order valence-corrected chi connectivity index (χ4v) is 2.47. The largest absolute Gasteiger partial charge is 0.416 e. The number of nitro groups is 1. The fraction of sp³-hybridized carbons (Fsp3) is 0.538. The highest BCUT2D eigenvalue weighted by molar-refractivity contribution is 5.85. The minimum Gasteiger partial charge on any atom is -0.395 e. The van der Waals surface area contributed by atoms with E-state index in [2.05, 4.69) is 0 Å². The Morgan fingerprint density at radius 3 is 2.30 bits per heavy atom. The second-order valence-corrected chi connectivity index (χ2v) is 5.01. The summed E-state index contributed by atoms with van der Waals surface area (Å²) in [5.74, 6) is 0. The molecule has 1 aromatic rings. The minimum absolute atomic E-state index is 0. The third-order valence-electron chi connectivity index (χ3n) is 3.63. The van der Waals surface area contributed by atoms with Gasteiger partial charge in [0.25, 0.3) is 5.69 Å². The Morgan fingerprint density at radius 1 is 1.22 bits per heavy atom. The SMILES string of the molecule is Cl.O=[N+]([O-])c1cc(C(F)(F)F)ccc1N1CCN(CCO)CC1. The number of hydrogen-bond acceptors (Lipinski definition) is 5. The van der Waals surface area contributed by atoms with Crippen LogP contribution in [0.15, 0.2) is 18.2 Å². The van der Waals surface area contributed by atoms with Crippen LogP contribution in [-0.2, 0) is 6.18 Å². The number of aliphatic hydroxyl groups is 1. The third-order valence-corrected chi connectivity index (χ3v) is 3.63. The first kappa shape index (κ1) is 19.5. The second-order valence-electron chi connectivity index (χ2n) is 5.01. The van der Waals surface area contributed by atoms with Crippen LogP contribution < -0.4 is 4.90 Å². The molecule has 1 aromatic carbocycles. The average molecular weight is 356 g/mol. The summed E-state index contributed by atoms with van der Waals surface area (Å²) >= 11 is 0. The van der Waals surface area contributed by atoms with Gasteiger partial charge in [-0.1, -0.05) is 0 Å². The number of rotatable bonds is 4. The van der Waals surface area contributed by atoms with E-state index in [1.54, 1.807) is 4.90 Å². The van der Waals surface area contributed by atoms with Crippen LogP contribution in [-0.4, -0.2) is 54.3 Å². The number of aliphatic hydroxyl groups excluding tert-OH is 1. The van der Waals surface area contributed by atoms with Gasteiger partial charge in [0.05, 0.1) is 17.1 Å². The highest BCUT2D eigenvalue weighted by Gasteiger charge is 2.34. The van der Waals surface area contributed by atoms with Crippen LogP contribution >= 0.6 is 12.4 Å². The molecular formula is C13H17ClF3N3O3. The number of halogens is 4. The Labute approximate surface area is 137 Å². The zero-order valence-electron chi connectivity index (χ0n) is 12.1. The molecule has 1 aliphatic heterocycles. The van der Waals surface area contributed by atoms with Crippen molar-refractivity contribution in [3.8, 4) is 0 Å². The number of nitrogens with zero attached hydrogens (tertiary/aromatic N) is 3. The van der Waals surface area contributed by atoms with Crippen molar-refractivity contribution in [2.24, 2.45) is 0 Å². The van der Waals surface area contributed by atoms with E-state index in [0.29, 0.717) is 38.8 Å². The summed E-state index contributed by atoms with van der Waals surface area (Å²) in [6.07, 6.45) is -4.61. The van der Waals surface area contributed by atoms with Gasteiger partial charge in [-0.2, -0.15) is 13.2 Å². The van der Waals surface area contributed by atoms with E-state index >= 15 is 0 Å². The number of anilines is 1. The van der Waals surface area contributed by atoms with Gasteiger partial charge in [0.2, 0.25) is 0 Å². The number of benzene rings is 1. The minimum atomic E-state index is -4.61. The van der Waals surface area contributed by atoms with E-state index in [1.165, 1.54) is 0 Å². The second kappa shape index (κ2) is 7.80. The van der Waals surface area contributed by atoms with Gasteiger partial charge in [0.15, 0.2) is 0 Å². The smallest absolute Gasteiger partial charge is 0.395 e. The number of nitro benzene ring substituents is 1. The Kier molecular flexibility index (Phi) is 6.60. The standard InChI is InChI=1S/C13H16F3N3O3.ClH/c14-13(15,16)10-1-2-11(12(9-10)19(21)22)18-5-3-17(4-6-18)7-8-20;/h1-2,9,20H,3-8H2;1H. The Hall–Kier alpha value is -1.58. The molecular weight excluding hydrogens is 339 g/mol. The summed E-state index contributed by atoms with van der Waals surface area (Å²) < 4.78 is 38.0. The molecule has 0 aliphatic carbocycles. The lowest BCUT2D eigenvalue weighted by Gasteiger charge is -2.35. The van der Waals surface area contributed by atoms with Gasteiger partial charge in [0, 0.05) is 38.8 Å². The van der Waals surface area contributed by atoms with Gasteiger partial charge in [-0.15, -0.1) is 12.4 Å². The van der Waals surface area contributed by atoms with Crippen LogP contribution in [0.4, 0.5) is 24.5 Å². The molecule has 23 heavy (non-hydrogen) atoms. The van der Waals surface area contributed by atoms with Crippen molar-refractivity contribution in [1.29, 1.82) is 0 Å². The quantitative estimate of drug-likeness (QED) is 0.662. The number of β-amino-alcohol motifs (C(OH)–C–C–N with tert-alkyl or cyclic N) is 1. The Morgan fingerprint density at radius 2 is 1.83 bits per heavy atom. The Bertz CT molecular complexity index is 549. The molecule has 0 bridgehead atoms. The van der Waals surface area contributed by atoms with Crippen LogP contribution in [0.5, 0.6) is 0 Å². The molecule has 1 heterocycles. The van der Waals surface area contributed by atoms with E-state index in [1.807, 2.05) is 4.90 Å². The molecule has 6 nitrogen and oxygen atoms in total. The highest BCUT2D eigenvalue weighted by Crippen LogP contribution is 2.36. The van der Waals surface area contributed by atoms with Crippen molar-refractivity contribution in [2.45, 2.75) is 6.18 Å². The molecule has 0 unspecified atom stereocenters. The van der Waals surface area contributed by atoms with Crippen molar-refractivity contribution in [3.63, 3.8) is 0 Å². The molecule has 0 aromatic heterocycles. The predicted molar refractivity (Wildman–Crippen MR) is 81.1 cm³/mol. The van der Waals surface area contributed by atoms with Gasteiger partial charge in [0.1, 0.15) is 5.69 Å². The van der Waals surface area contributed by atoms with Crippen molar-refractivity contribution in [3.05, 3.63) is 33.9 Å². The van der Waals surface area contributed by atoms with Gasteiger partial charge in [-0.05, 0) is 12.1 Å². The van der Waals surface area contributed by atoms with E-state index in [9.17, 15) is 23.3 Å². The van der Waals surface area contributed by atoms with Crippen molar-refractivity contribution in [2.75, 3.05) is 44.2 Å². The van der Waals surface area contributed by atoms with Crippen LogP contribution in [0.3, 0.4) is 0 Å². The molecule has 2 rings (SSSR count). The monoisotopic (exact) mass is 355 g/mol. The fourth-order valence-electron chi connectivity index (χ4n) is 2.47. The summed E-state index contributed by atoms with van der Waals surface area (Å²) in [5.41, 5.74) is -1.37. The number of hydrogen-bond donors (Lipinski definition) is 1. The summed E-state index contributed by atoms with van der Waals surface area (Å²) in [6, 6.07) is 2.60. The van der Waals surface area contributed by atoms with Gasteiger partial charge in [-0.25, -0.2) is 0 Å². The molecule has 10 heteroatoms. The van der Waals surface area contributed by atoms with Crippen LogP contribution in [0.1, 0.15) is 5.56 Å². The predicted octanol–water partition coefficient (Wildman–Crippen LogP) is 2.15. The first-order valence-corrected chi connectivity index (χ1v) is 6.76. The third kappa shape index (κ3) is 4.69. The normalized spacial score (nSPS) is 16.1. The summed E-state index contributed by atoms with van der Waals surface area (Å²) in [4.78, 5) is 14.0. The first-order chi connectivity index (χ1) is 10.3. The number of piperazine rings is 1. The van der Waals surface area contributed by atoms with E-state index in [4.69, 9.17) is 5.11 Å². The Balaban J connectivity index is 0.00000264. The summed E-state index contributed by atoms with van der Waals surface area (Å²) in [5, 5.41) is 20.0. The van der Waals surface area contributed by atoms with Gasteiger partial charge in [-0.3, -0.25) is 15.0 Å². The average Bonchev–Trinajstić information content (AvgIpc) is 2.47. The van der Waals surface area contributed by atoms with Crippen LogP contribution in [0.2, 0.25) is 0 Å². The van der Waals surface area contributed by atoms with E-state index in [0.717, 1.165) is 12.1 Å². The van der Waals surface area contributed by atoms with Crippen molar-refractivity contribution >= 4 is 23.8 Å². The zero-order valence-corrected chi connectivity index (χ0v) is 12.9. The van der Waals surface area contributed by atoms with Gasteiger partial charge < -0.3 is 10.0 Å². The zero-order chi connectivity index (χ0) is 16.3. The maximum atomic E-state index is 12.7.